The molecule has 1 amide bonds. The molecule has 6 heteroatoms. The van der Waals surface area contributed by atoms with Crippen molar-refractivity contribution in [3.05, 3.63) is 53.6 Å². The normalized spacial score (nSPS) is 10.0. The van der Waals surface area contributed by atoms with E-state index in [9.17, 15) is 19.8 Å². The molecule has 0 radical (unpaired) electrons. The maximum absolute atomic E-state index is 11.9. The Hall–Kier alpha value is -3.02. The van der Waals surface area contributed by atoms with Crippen LogP contribution in [0.5, 0.6) is 11.5 Å². The van der Waals surface area contributed by atoms with Crippen molar-refractivity contribution in [2.24, 2.45) is 0 Å². The molecule has 0 fully saturated rings. The van der Waals surface area contributed by atoms with Crippen LogP contribution in [0.3, 0.4) is 0 Å². The Bertz CT molecular complexity index is 681. The van der Waals surface area contributed by atoms with Gasteiger partial charge in [0.2, 0.25) is 0 Å². The van der Waals surface area contributed by atoms with Crippen molar-refractivity contribution in [2.75, 3.05) is 5.32 Å². The number of hydrogen-bond acceptors (Lipinski definition) is 4. The van der Waals surface area contributed by atoms with E-state index in [0.29, 0.717) is 0 Å². The number of rotatable bonds is 3. The summed E-state index contributed by atoms with van der Waals surface area (Å²) in [5, 5.41) is 30.3. The van der Waals surface area contributed by atoms with Crippen molar-refractivity contribution in [3.8, 4) is 11.5 Å². The highest BCUT2D eigenvalue weighted by atomic mass is 16.4. The monoisotopic (exact) mass is 273 g/mol. The lowest BCUT2D eigenvalue weighted by Gasteiger charge is -2.08. The number of para-hydroxylation sites is 1. The van der Waals surface area contributed by atoms with Gasteiger partial charge in [-0.1, -0.05) is 12.1 Å². The SMILES string of the molecule is O=C(O)c1ccc(NC(=O)c2ccccc2O)cc1O. The number of anilines is 1. The van der Waals surface area contributed by atoms with Crippen LogP contribution in [0.15, 0.2) is 42.5 Å². The first kappa shape index (κ1) is 13.4. The molecule has 0 aliphatic rings. The first-order valence-electron chi connectivity index (χ1n) is 5.64. The quantitative estimate of drug-likeness (QED) is 0.684. The summed E-state index contributed by atoms with van der Waals surface area (Å²) in [5.41, 5.74) is 0.0422. The third kappa shape index (κ3) is 2.69. The largest absolute Gasteiger partial charge is 0.507 e. The van der Waals surface area contributed by atoms with Crippen LogP contribution in [0, 0.1) is 0 Å². The number of benzene rings is 2. The minimum absolute atomic E-state index is 0.0781. The summed E-state index contributed by atoms with van der Waals surface area (Å²) in [4.78, 5) is 22.6. The summed E-state index contributed by atoms with van der Waals surface area (Å²) in [6.45, 7) is 0. The van der Waals surface area contributed by atoms with E-state index in [0.717, 1.165) is 6.07 Å². The van der Waals surface area contributed by atoms with E-state index in [-0.39, 0.29) is 22.6 Å². The number of phenolic OH excluding ortho intramolecular Hbond substituents is 1. The average Bonchev–Trinajstić information content (AvgIpc) is 2.38. The number of amides is 1. The fourth-order valence-electron chi connectivity index (χ4n) is 1.65. The van der Waals surface area contributed by atoms with Gasteiger partial charge in [-0.15, -0.1) is 0 Å². The Kier molecular flexibility index (Phi) is 3.56. The number of hydrogen-bond donors (Lipinski definition) is 4. The first-order chi connectivity index (χ1) is 9.49. The Balaban J connectivity index is 2.23. The Morgan fingerprint density at radius 2 is 1.60 bits per heavy atom. The van der Waals surface area contributed by atoms with E-state index < -0.39 is 17.6 Å². The highest BCUT2D eigenvalue weighted by Gasteiger charge is 2.13. The lowest BCUT2D eigenvalue weighted by atomic mass is 10.1. The zero-order valence-electron chi connectivity index (χ0n) is 10.2. The van der Waals surface area contributed by atoms with Gasteiger partial charge in [-0.2, -0.15) is 0 Å². The molecule has 0 saturated carbocycles. The fraction of sp³-hybridized carbons (Fsp3) is 0. The number of aromatic hydroxyl groups is 2. The van der Waals surface area contributed by atoms with Gasteiger partial charge in [-0.3, -0.25) is 4.79 Å². The molecule has 0 atom stereocenters. The molecule has 2 aromatic rings. The number of phenols is 2. The van der Waals surface area contributed by atoms with E-state index in [1.54, 1.807) is 12.1 Å². The van der Waals surface area contributed by atoms with E-state index in [1.165, 1.54) is 24.3 Å². The standard InChI is InChI=1S/C14H11NO5/c16-11-4-2-1-3-9(11)13(18)15-8-5-6-10(14(19)20)12(17)7-8/h1-7,16-17H,(H,15,18)(H,19,20). The summed E-state index contributed by atoms with van der Waals surface area (Å²) < 4.78 is 0. The molecule has 0 saturated heterocycles. The smallest absolute Gasteiger partial charge is 0.339 e. The minimum Gasteiger partial charge on any atom is -0.507 e. The number of aromatic carboxylic acids is 1. The predicted octanol–water partition coefficient (Wildman–Crippen LogP) is 2.05. The van der Waals surface area contributed by atoms with Gasteiger partial charge < -0.3 is 20.6 Å². The van der Waals surface area contributed by atoms with Crippen LogP contribution in [0.25, 0.3) is 0 Å². The van der Waals surface area contributed by atoms with Gasteiger partial charge in [0, 0.05) is 11.8 Å². The number of carboxylic acid groups (broad SMARTS) is 1. The van der Waals surface area contributed by atoms with Crippen LogP contribution >= 0.6 is 0 Å². The molecule has 0 heterocycles. The average molecular weight is 273 g/mol. The summed E-state index contributed by atoms with van der Waals surface area (Å²) in [6.07, 6.45) is 0. The summed E-state index contributed by atoms with van der Waals surface area (Å²) >= 11 is 0. The van der Waals surface area contributed by atoms with Crippen molar-refractivity contribution in [1.82, 2.24) is 0 Å². The highest BCUT2D eigenvalue weighted by molar-refractivity contribution is 6.06. The van der Waals surface area contributed by atoms with Gasteiger partial charge in [0.1, 0.15) is 17.1 Å². The van der Waals surface area contributed by atoms with Crippen molar-refractivity contribution < 1.29 is 24.9 Å². The second-order valence-corrected chi connectivity index (χ2v) is 4.01. The third-order valence-electron chi connectivity index (χ3n) is 2.63. The van der Waals surface area contributed by atoms with Crippen LogP contribution < -0.4 is 5.32 Å². The fourth-order valence-corrected chi connectivity index (χ4v) is 1.65. The minimum atomic E-state index is -1.26. The lowest BCUT2D eigenvalue weighted by molar-refractivity contribution is 0.0693. The molecule has 0 unspecified atom stereocenters. The van der Waals surface area contributed by atoms with E-state index in [1.807, 2.05) is 0 Å². The van der Waals surface area contributed by atoms with Crippen molar-refractivity contribution in [1.29, 1.82) is 0 Å². The van der Waals surface area contributed by atoms with Crippen LogP contribution in [-0.4, -0.2) is 27.2 Å². The van der Waals surface area contributed by atoms with Crippen LogP contribution in [0.2, 0.25) is 0 Å². The molecular formula is C14H11NO5. The van der Waals surface area contributed by atoms with Crippen LogP contribution in [0.1, 0.15) is 20.7 Å². The van der Waals surface area contributed by atoms with Crippen molar-refractivity contribution >= 4 is 17.6 Å². The van der Waals surface area contributed by atoms with Gasteiger partial charge in [-0.25, -0.2) is 4.79 Å². The van der Waals surface area contributed by atoms with E-state index in [2.05, 4.69) is 5.32 Å². The summed E-state index contributed by atoms with van der Waals surface area (Å²) in [5.74, 6) is -2.45. The number of carbonyl (C=O) groups excluding carboxylic acids is 1. The topological polar surface area (TPSA) is 107 Å². The van der Waals surface area contributed by atoms with Gasteiger partial charge in [0.05, 0.1) is 5.56 Å². The molecule has 0 aliphatic heterocycles. The second kappa shape index (κ2) is 5.31. The zero-order valence-corrected chi connectivity index (χ0v) is 10.2. The molecule has 102 valence electrons. The van der Waals surface area contributed by atoms with Crippen molar-refractivity contribution in [3.63, 3.8) is 0 Å². The molecule has 6 nitrogen and oxygen atoms in total. The highest BCUT2D eigenvalue weighted by Crippen LogP contribution is 2.23. The predicted molar refractivity (Wildman–Crippen MR) is 71.1 cm³/mol. The van der Waals surface area contributed by atoms with Gasteiger partial charge >= 0.3 is 5.97 Å². The molecule has 2 aromatic carbocycles. The summed E-state index contributed by atoms with van der Waals surface area (Å²) in [6, 6.07) is 9.65. The van der Waals surface area contributed by atoms with E-state index in [4.69, 9.17) is 5.11 Å². The van der Waals surface area contributed by atoms with Gasteiger partial charge in [0.15, 0.2) is 0 Å². The molecule has 0 bridgehead atoms. The Morgan fingerprint density at radius 1 is 0.900 bits per heavy atom. The molecule has 0 aromatic heterocycles. The van der Waals surface area contributed by atoms with E-state index >= 15 is 0 Å². The lowest BCUT2D eigenvalue weighted by Crippen LogP contribution is -2.12. The molecule has 0 aliphatic carbocycles. The maximum atomic E-state index is 11.9. The van der Waals surface area contributed by atoms with Gasteiger partial charge in [-0.05, 0) is 24.3 Å². The Morgan fingerprint density at radius 3 is 2.20 bits per heavy atom. The molecular weight excluding hydrogens is 262 g/mol. The molecule has 2 rings (SSSR count). The summed E-state index contributed by atoms with van der Waals surface area (Å²) in [7, 11) is 0. The zero-order chi connectivity index (χ0) is 14.7. The number of carboxylic acids is 1. The third-order valence-corrected chi connectivity index (χ3v) is 2.63. The molecule has 20 heavy (non-hydrogen) atoms. The molecule has 4 N–H and O–H groups in total. The maximum Gasteiger partial charge on any atom is 0.339 e. The van der Waals surface area contributed by atoms with Crippen molar-refractivity contribution in [2.45, 2.75) is 0 Å². The van der Waals surface area contributed by atoms with Crippen LogP contribution in [0.4, 0.5) is 5.69 Å². The van der Waals surface area contributed by atoms with Crippen LogP contribution in [-0.2, 0) is 0 Å². The first-order valence-corrected chi connectivity index (χ1v) is 5.64. The molecule has 0 spiro atoms. The number of carbonyl (C=O) groups is 2. The second-order valence-electron chi connectivity index (χ2n) is 4.01. The Labute approximate surface area is 113 Å². The van der Waals surface area contributed by atoms with Gasteiger partial charge in [0.25, 0.3) is 5.91 Å². The number of nitrogens with one attached hydrogen (secondary N) is 1.